The van der Waals surface area contributed by atoms with E-state index in [9.17, 15) is 5.53 Å². The molecular weight excluding hydrogens is 1060 g/mol. The summed E-state index contributed by atoms with van der Waals surface area (Å²) in [5.41, 5.74) is 29.4. The van der Waals surface area contributed by atoms with E-state index >= 15 is 0 Å². The van der Waals surface area contributed by atoms with Crippen LogP contribution in [0.25, 0.3) is 16.9 Å². The van der Waals surface area contributed by atoms with Gasteiger partial charge < -0.3 is 5.53 Å². The average Bonchev–Trinajstić information content (AvgIpc) is 2.13. The van der Waals surface area contributed by atoms with E-state index in [1.165, 1.54) is 333 Å². The minimum Gasteiger partial charge on any atom is -0.493 e. The zero-order valence-electron chi connectivity index (χ0n) is 58.4. The molecule has 3 rings (SSSR count). The first kappa shape index (κ1) is 78.1. The summed E-state index contributed by atoms with van der Waals surface area (Å²) < 4.78 is 1.68. The Bertz CT molecular complexity index is 1860. The van der Waals surface area contributed by atoms with Crippen LogP contribution in [0.2, 0.25) is 10.8 Å². The zero-order valence-corrected chi connectivity index (χ0v) is 59.4. The molecule has 0 radical (unpaired) electrons. The molecule has 1 heterocycles. The zero-order chi connectivity index (χ0) is 60.9. The number of aryl methyl sites for hydroxylation is 4. The SMILES string of the molecule is CCCCCCCCCCCCCCC[CH2][Ni][CH2]CCCCCCCCCCCCCCC.CCCCCc1cc(C2=C(CC)C(CCCC)=C(c3cc(CCCC)c(CCCC)c(CCCC)c3)[N+]2=[N-])cc(CCCCC)c1CCCCC. The van der Waals surface area contributed by atoms with E-state index in [4.69, 9.17) is 0 Å². The number of unbranched alkanes of at least 4 members (excludes halogenated alkanes) is 36. The van der Waals surface area contributed by atoms with Crippen molar-refractivity contribution in [3.8, 4) is 0 Å². The van der Waals surface area contributed by atoms with Crippen molar-refractivity contribution in [3.63, 3.8) is 0 Å². The number of allylic oxidation sites excluding steroid dienone is 2. The van der Waals surface area contributed by atoms with Gasteiger partial charge in [-0.15, -0.1) is 0 Å². The molecule has 2 nitrogen and oxygen atoms in total. The number of benzene rings is 2. The van der Waals surface area contributed by atoms with Crippen LogP contribution in [0.5, 0.6) is 0 Å². The van der Waals surface area contributed by atoms with Gasteiger partial charge in [-0.05, 0) is 154 Å². The molecule has 0 saturated heterocycles. The summed E-state index contributed by atoms with van der Waals surface area (Å²) in [7, 11) is 0. The van der Waals surface area contributed by atoms with Crippen LogP contribution in [0, 0.1) is 0 Å². The first-order chi connectivity index (χ1) is 41.3. The standard InChI is InChI=1S/C49H78N2.2C16H33.Ni/c1-9-17-24-29-40-36-42(37-41(30-25-18-10-2)46(40)33-26-19-11-3)48-44(16-8)47(32-23-15-7)49(51(48)50)43-34-38(27-20-12-4)45(31-22-14-6)39(35-43)28-21-13-5;2*1-3-5-7-9-11-13-15-16-14-12-10-8-6-4-2;/h34-37H,9-33H2,1-8H3;2*1,3-16H2,2H3;. The van der Waals surface area contributed by atoms with Crippen LogP contribution >= 0.6 is 0 Å². The van der Waals surface area contributed by atoms with Crippen LogP contribution in [-0.4, -0.2) is 4.70 Å². The van der Waals surface area contributed by atoms with Gasteiger partial charge in [-0.1, -0.05) is 172 Å². The van der Waals surface area contributed by atoms with Gasteiger partial charge in [0.2, 0.25) is 11.4 Å². The molecule has 1 aliphatic heterocycles. The molecule has 0 fully saturated rings. The van der Waals surface area contributed by atoms with E-state index in [1.807, 2.05) is 14.4 Å². The topological polar surface area (TPSA) is 25.3 Å². The molecule has 0 aliphatic carbocycles. The maximum atomic E-state index is 12.6. The average molecular weight is 1200 g/mol. The van der Waals surface area contributed by atoms with Crippen molar-refractivity contribution >= 4 is 11.4 Å². The van der Waals surface area contributed by atoms with Gasteiger partial charge in [0.05, 0.1) is 0 Å². The summed E-state index contributed by atoms with van der Waals surface area (Å²) in [6.45, 7) is 23.1. The van der Waals surface area contributed by atoms with Gasteiger partial charge in [-0.3, -0.25) is 0 Å². The molecule has 0 unspecified atom stereocenters. The minimum absolute atomic E-state index is 0.934. The van der Waals surface area contributed by atoms with Crippen molar-refractivity contribution in [2.75, 3.05) is 0 Å². The fraction of sp³-hybridized carbons (Fsp3) is 0.802. The van der Waals surface area contributed by atoms with Gasteiger partial charge in [0.1, 0.15) is 0 Å². The second-order valence-electron chi connectivity index (χ2n) is 26.3. The van der Waals surface area contributed by atoms with E-state index in [1.54, 1.807) is 27.0 Å². The Morgan fingerprint density at radius 2 is 0.500 bits per heavy atom. The van der Waals surface area contributed by atoms with Gasteiger partial charge in [-0.25, -0.2) is 4.70 Å². The summed E-state index contributed by atoms with van der Waals surface area (Å²) >= 11 is 2.04. The van der Waals surface area contributed by atoms with Crippen LogP contribution < -0.4 is 0 Å². The quantitative estimate of drug-likeness (QED) is 0.0358. The molecule has 0 aromatic heterocycles. The van der Waals surface area contributed by atoms with Crippen molar-refractivity contribution in [2.45, 2.75) is 420 Å². The molecule has 0 saturated carbocycles. The van der Waals surface area contributed by atoms with E-state index in [-0.39, 0.29) is 0 Å². The van der Waals surface area contributed by atoms with Crippen LogP contribution in [0.1, 0.15) is 416 Å². The van der Waals surface area contributed by atoms with Crippen molar-refractivity contribution in [1.29, 1.82) is 0 Å². The van der Waals surface area contributed by atoms with Crippen molar-refractivity contribution in [2.24, 2.45) is 0 Å². The number of hydrogen-bond acceptors (Lipinski definition) is 0. The Kier molecular flexibility index (Phi) is 51.2. The van der Waals surface area contributed by atoms with E-state index in [0.29, 0.717) is 0 Å². The number of rotatable bonds is 57. The summed E-state index contributed by atoms with van der Waals surface area (Å²) in [4.78, 5) is 0. The third kappa shape index (κ3) is 34.1. The number of nitrogens with zero attached hydrogens (tertiary/aromatic N) is 2. The molecule has 1 aliphatic rings. The predicted molar refractivity (Wildman–Crippen MR) is 376 cm³/mol. The van der Waals surface area contributed by atoms with Crippen molar-refractivity contribution in [3.05, 3.63) is 85.5 Å². The summed E-state index contributed by atoms with van der Waals surface area (Å²) in [5, 5.41) is 2.87. The third-order valence-corrected chi connectivity index (χ3v) is 20.0. The first-order valence-corrected chi connectivity index (χ1v) is 39.5. The molecule has 3 heteroatoms. The Balaban J connectivity index is 0.000000633. The molecule has 0 N–H and O–H groups in total. The second-order valence-corrected chi connectivity index (χ2v) is 27.8. The Morgan fingerprint density at radius 3 is 0.821 bits per heavy atom. The molecule has 0 bridgehead atoms. The number of hydrogen-bond donors (Lipinski definition) is 0. The first-order valence-electron chi connectivity index (χ1n) is 38.1. The fourth-order valence-corrected chi connectivity index (χ4v) is 14.4. The van der Waals surface area contributed by atoms with Crippen LogP contribution in [0.15, 0.2) is 35.4 Å². The van der Waals surface area contributed by atoms with E-state index < -0.39 is 0 Å². The van der Waals surface area contributed by atoms with Gasteiger partial charge >= 0.3 is 166 Å². The molecule has 0 spiro atoms. The molecule has 0 amide bonds. The van der Waals surface area contributed by atoms with Gasteiger partial charge in [0, 0.05) is 22.3 Å². The summed E-state index contributed by atoms with van der Waals surface area (Å²) in [5.74, 6) is 0. The normalized spacial score (nSPS) is 12.7. The molecule has 2 aromatic rings. The van der Waals surface area contributed by atoms with Crippen LogP contribution in [0.4, 0.5) is 0 Å². The predicted octanol–water partition coefficient (Wildman–Crippen LogP) is 28.6. The smallest absolute Gasteiger partial charge is 0.493 e. The Hall–Kier alpha value is -1.99. The van der Waals surface area contributed by atoms with Gasteiger partial charge in [0.25, 0.3) is 0 Å². The Morgan fingerprint density at radius 1 is 0.262 bits per heavy atom. The van der Waals surface area contributed by atoms with Crippen LogP contribution in [-0.2, 0) is 53.0 Å². The summed E-state index contributed by atoms with van der Waals surface area (Å²) in [6.07, 6.45) is 71.1. The third-order valence-electron chi connectivity index (χ3n) is 18.6. The monoisotopic (exact) mass is 1200 g/mol. The van der Waals surface area contributed by atoms with E-state index in [2.05, 4.69) is 93.5 Å². The molecular formula is C81H144N2Ni. The fourth-order valence-electron chi connectivity index (χ4n) is 13.2. The summed E-state index contributed by atoms with van der Waals surface area (Å²) in [6, 6.07) is 10.0. The minimum atomic E-state index is 0.934. The molecule has 0 atom stereocenters. The molecule has 84 heavy (non-hydrogen) atoms. The van der Waals surface area contributed by atoms with Crippen molar-refractivity contribution < 1.29 is 19.1 Å². The maximum absolute atomic E-state index is 12.6. The molecule has 488 valence electrons. The van der Waals surface area contributed by atoms with Gasteiger partial charge in [-0.2, -0.15) is 0 Å². The van der Waals surface area contributed by atoms with Gasteiger partial charge in [0.15, 0.2) is 0 Å². The van der Waals surface area contributed by atoms with Crippen molar-refractivity contribution in [1.82, 2.24) is 0 Å². The molecule has 2 aromatic carbocycles. The second kappa shape index (κ2) is 55.1. The Labute approximate surface area is 533 Å². The van der Waals surface area contributed by atoms with Crippen LogP contribution in [0.3, 0.4) is 0 Å². The van der Waals surface area contributed by atoms with E-state index in [0.717, 1.165) is 62.8 Å².